The van der Waals surface area contributed by atoms with Gasteiger partial charge in [-0.3, -0.25) is 19.8 Å². The molecule has 1 aliphatic heterocycles. The number of hydrogen-bond donors (Lipinski definition) is 2. The molecule has 1 fully saturated rings. The van der Waals surface area contributed by atoms with Gasteiger partial charge in [-0.2, -0.15) is 0 Å². The van der Waals surface area contributed by atoms with Crippen molar-refractivity contribution >= 4 is 61.8 Å². The van der Waals surface area contributed by atoms with Crippen molar-refractivity contribution in [2.24, 2.45) is 0 Å². The molecule has 1 aliphatic rings. The molecule has 126 valence electrons. The van der Waals surface area contributed by atoms with E-state index in [1.165, 1.54) is 13.1 Å². The lowest BCUT2D eigenvalue weighted by Crippen LogP contribution is -2.52. The van der Waals surface area contributed by atoms with Gasteiger partial charge in [-0.05, 0) is 55.6 Å². The monoisotopic (exact) mass is 460 g/mol. The largest absolute Gasteiger partial charge is 0.480 e. The molecule has 0 unspecified atom stereocenters. The summed E-state index contributed by atoms with van der Waals surface area (Å²) in [6.07, 6.45) is 1.32. The minimum Gasteiger partial charge on any atom is -0.480 e. The van der Waals surface area contributed by atoms with Crippen molar-refractivity contribution in [3.63, 3.8) is 0 Å². The number of hydrogen-bond acceptors (Lipinski definition) is 5. The van der Waals surface area contributed by atoms with Crippen molar-refractivity contribution in [2.45, 2.75) is 0 Å². The highest BCUT2D eigenvalue weighted by Crippen LogP contribution is 2.35. The van der Waals surface area contributed by atoms with Crippen LogP contribution >= 0.6 is 31.9 Å². The summed E-state index contributed by atoms with van der Waals surface area (Å²) in [4.78, 5) is 46.6. The van der Waals surface area contributed by atoms with Crippen LogP contribution in [-0.4, -0.2) is 47.5 Å². The zero-order valence-electron chi connectivity index (χ0n) is 12.1. The first-order chi connectivity index (χ1) is 11.2. The van der Waals surface area contributed by atoms with Crippen molar-refractivity contribution in [3.8, 4) is 5.75 Å². The van der Waals surface area contributed by atoms with E-state index in [4.69, 9.17) is 9.84 Å². The lowest BCUT2D eigenvalue weighted by molar-refractivity contribution is -0.139. The number of ether oxygens (including phenoxy) is 1. The number of likely N-dealkylation sites (N-methyl/N-ethyl adjacent to an activating group) is 1. The summed E-state index contributed by atoms with van der Waals surface area (Å²) < 4.78 is 5.99. The van der Waals surface area contributed by atoms with Gasteiger partial charge in [0.1, 0.15) is 11.3 Å². The number of carboxylic acids is 1. The SMILES string of the molecule is CN1C(=O)NC(=O)/C(=C/c2cc(Br)c(OCC(=O)O)c(Br)c2)C1=O. The van der Waals surface area contributed by atoms with E-state index in [-0.39, 0.29) is 11.3 Å². The predicted molar refractivity (Wildman–Crippen MR) is 89.3 cm³/mol. The topological polar surface area (TPSA) is 113 Å². The number of imide groups is 2. The molecule has 1 aromatic rings. The maximum Gasteiger partial charge on any atom is 0.341 e. The first kappa shape index (κ1) is 18.1. The van der Waals surface area contributed by atoms with E-state index in [0.717, 1.165) is 4.90 Å². The molecule has 0 atom stereocenters. The summed E-state index contributed by atoms with van der Waals surface area (Å²) in [5, 5.41) is 10.7. The number of aliphatic carboxylic acids is 1. The van der Waals surface area contributed by atoms with E-state index in [2.05, 4.69) is 31.9 Å². The van der Waals surface area contributed by atoms with Gasteiger partial charge in [-0.1, -0.05) is 0 Å². The number of barbiturate groups is 1. The van der Waals surface area contributed by atoms with Gasteiger partial charge >= 0.3 is 12.0 Å². The van der Waals surface area contributed by atoms with Crippen molar-refractivity contribution in [2.75, 3.05) is 13.7 Å². The third-order valence-corrected chi connectivity index (χ3v) is 4.15. The van der Waals surface area contributed by atoms with Crippen molar-refractivity contribution in [3.05, 3.63) is 32.2 Å². The summed E-state index contributed by atoms with van der Waals surface area (Å²) in [5.74, 6) is -2.37. The van der Waals surface area contributed by atoms with E-state index < -0.39 is 30.4 Å². The Kier molecular flexibility index (Phi) is 5.40. The normalized spacial score (nSPS) is 16.4. The number of rotatable bonds is 4. The minimum atomic E-state index is -1.13. The number of carbonyl (C=O) groups is 4. The molecule has 8 nitrogen and oxygen atoms in total. The molecule has 2 rings (SSSR count). The first-order valence-corrected chi connectivity index (χ1v) is 7.98. The zero-order valence-corrected chi connectivity index (χ0v) is 15.3. The molecule has 0 saturated carbocycles. The van der Waals surface area contributed by atoms with Crippen LogP contribution in [0.5, 0.6) is 5.75 Å². The molecule has 1 aromatic carbocycles. The lowest BCUT2D eigenvalue weighted by Gasteiger charge is -2.22. The fourth-order valence-corrected chi connectivity index (χ4v) is 3.30. The van der Waals surface area contributed by atoms with Crippen LogP contribution in [0.3, 0.4) is 0 Å². The van der Waals surface area contributed by atoms with E-state index >= 15 is 0 Å². The van der Waals surface area contributed by atoms with Gasteiger partial charge < -0.3 is 9.84 Å². The summed E-state index contributed by atoms with van der Waals surface area (Å²) in [5.41, 5.74) is 0.271. The molecule has 24 heavy (non-hydrogen) atoms. The molecule has 0 bridgehead atoms. The van der Waals surface area contributed by atoms with Crippen LogP contribution in [0.4, 0.5) is 4.79 Å². The maximum absolute atomic E-state index is 12.0. The highest BCUT2D eigenvalue weighted by atomic mass is 79.9. The van der Waals surface area contributed by atoms with E-state index in [1.807, 2.05) is 5.32 Å². The van der Waals surface area contributed by atoms with E-state index in [0.29, 0.717) is 14.5 Å². The second kappa shape index (κ2) is 7.14. The number of benzene rings is 1. The Morgan fingerprint density at radius 2 is 1.88 bits per heavy atom. The van der Waals surface area contributed by atoms with Crippen LogP contribution in [0.25, 0.3) is 6.08 Å². The Balaban J connectivity index is 2.36. The van der Waals surface area contributed by atoms with Gasteiger partial charge in [-0.15, -0.1) is 0 Å². The van der Waals surface area contributed by atoms with Gasteiger partial charge in [0, 0.05) is 7.05 Å². The molecular formula is C14H10Br2N2O6. The summed E-state index contributed by atoms with van der Waals surface area (Å²) in [7, 11) is 1.26. The fraction of sp³-hybridized carbons (Fsp3) is 0.143. The van der Waals surface area contributed by atoms with Gasteiger partial charge in [0.05, 0.1) is 8.95 Å². The molecule has 0 aliphatic carbocycles. The molecule has 2 N–H and O–H groups in total. The lowest BCUT2D eigenvalue weighted by atomic mass is 10.1. The second-order valence-electron chi connectivity index (χ2n) is 4.68. The average Bonchev–Trinajstić information content (AvgIpc) is 2.48. The fourth-order valence-electron chi connectivity index (χ4n) is 1.85. The van der Waals surface area contributed by atoms with Crippen molar-refractivity contribution in [1.29, 1.82) is 0 Å². The Labute approximate surface area is 152 Å². The van der Waals surface area contributed by atoms with Crippen molar-refractivity contribution in [1.82, 2.24) is 10.2 Å². The van der Waals surface area contributed by atoms with Crippen LogP contribution in [-0.2, 0) is 14.4 Å². The quantitative estimate of drug-likeness (QED) is 0.521. The third kappa shape index (κ3) is 3.82. The van der Waals surface area contributed by atoms with Crippen LogP contribution < -0.4 is 10.1 Å². The Morgan fingerprint density at radius 1 is 1.29 bits per heavy atom. The number of carboxylic acid groups (broad SMARTS) is 1. The highest BCUT2D eigenvalue weighted by molar-refractivity contribution is 9.11. The molecule has 10 heteroatoms. The Hall–Kier alpha value is -2.20. The number of amides is 4. The van der Waals surface area contributed by atoms with Crippen LogP contribution in [0, 0.1) is 0 Å². The summed E-state index contributed by atoms with van der Waals surface area (Å²) in [6, 6.07) is 2.31. The molecule has 0 spiro atoms. The molecule has 4 amide bonds. The number of nitrogens with zero attached hydrogens (tertiary/aromatic N) is 1. The standard InChI is InChI=1S/C14H10Br2N2O6/c1-18-13(22)7(12(21)17-14(18)23)2-6-3-8(15)11(9(16)4-6)24-5-10(19)20/h2-4H,5H2,1H3,(H,19,20)(H,17,21,23)/b7-2-. The first-order valence-electron chi connectivity index (χ1n) is 6.39. The van der Waals surface area contributed by atoms with E-state index in [9.17, 15) is 19.2 Å². The molecule has 0 radical (unpaired) electrons. The molecule has 1 heterocycles. The Bertz CT molecular complexity index is 766. The second-order valence-corrected chi connectivity index (χ2v) is 6.39. The van der Waals surface area contributed by atoms with Crippen molar-refractivity contribution < 1.29 is 29.0 Å². The smallest absolute Gasteiger partial charge is 0.341 e. The number of halogens is 2. The number of urea groups is 1. The third-order valence-electron chi connectivity index (χ3n) is 2.98. The number of nitrogens with one attached hydrogen (secondary N) is 1. The van der Waals surface area contributed by atoms with E-state index in [1.54, 1.807) is 12.1 Å². The van der Waals surface area contributed by atoms with Crippen LogP contribution in [0.15, 0.2) is 26.7 Å². The van der Waals surface area contributed by atoms with Gasteiger partial charge in [0.15, 0.2) is 6.61 Å². The van der Waals surface area contributed by atoms with Crippen LogP contribution in [0.1, 0.15) is 5.56 Å². The zero-order chi connectivity index (χ0) is 18.0. The maximum atomic E-state index is 12.0. The average molecular weight is 462 g/mol. The van der Waals surface area contributed by atoms with Crippen LogP contribution in [0.2, 0.25) is 0 Å². The van der Waals surface area contributed by atoms with Gasteiger partial charge in [0.25, 0.3) is 11.8 Å². The predicted octanol–water partition coefficient (Wildman–Crippen LogP) is 1.77. The summed E-state index contributed by atoms with van der Waals surface area (Å²) in [6.45, 7) is -0.522. The van der Waals surface area contributed by atoms with Gasteiger partial charge in [-0.25, -0.2) is 9.59 Å². The Morgan fingerprint density at radius 3 is 2.42 bits per heavy atom. The minimum absolute atomic E-state index is 0.199. The van der Waals surface area contributed by atoms with Gasteiger partial charge in [0.2, 0.25) is 0 Å². The summed E-state index contributed by atoms with van der Waals surface area (Å²) >= 11 is 6.47. The number of carbonyl (C=O) groups excluding carboxylic acids is 3. The molecule has 1 saturated heterocycles. The molecule has 0 aromatic heterocycles. The highest BCUT2D eigenvalue weighted by Gasteiger charge is 2.33. The molecular weight excluding hydrogens is 452 g/mol.